The number of pyridine rings is 1. The number of urea groups is 1. The number of rotatable bonds is 4. The van der Waals surface area contributed by atoms with Gasteiger partial charge in [0.05, 0.1) is 11.4 Å². The number of nitrogens with one attached hydrogen (secondary N) is 2. The zero-order valence-electron chi connectivity index (χ0n) is 15.2. The predicted octanol–water partition coefficient (Wildman–Crippen LogP) is 3.85. The molecule has 146 valence electrons. The third kappa shape index (κ3) is 3.71. The lowest BCUT2D eigenvalue weighted by Gasteiger charge is -2.26. The zero-order valence-corrected chi connectivity index (χ0v) is 15.2. The first-order chi connectivity index (χ1) is 13.3. The molecular formula is C20H18F3N3O2. The molecule has 0 aliphatic heterocycles. The van der Waals surface area contributed by atoms with Gasteiger partial charge in [-0.05, 0) is 41.6 Å². The molecule has 2 N–H and O–H groups in total. The lowest BCUT2D eigenvalue weighted by molar-refractivity contribution is 0.194. The van der Waals surface area contributed by atoms with Gasteiger partial charge in [-0.3, -0.25) is 4.79 Å². The molecule has 0 aliphatic rings. The van der Waals surface area contributed by atoms with E-state index in [2.05, 4.69) is 10.3 Å². The summed E-state index contributed by atoms with van der Waals surface area (Å²) in [6.45, 7) is 1.90. The molecular weight excluding hydrogens is 371 g/mol. The number of hydrogen-bond donors (Lipinski definition) is 2. The second-order valence-corrected chi connectivity index (χ2v) is 6.43. The van der Waals surface area contributed by atoms with Crippen LogP contribution in [0.5, 0.6) is 0 Å². The van der Waals surface area contributed by atoms with Crippen molar-refractivity contribution in [2.45, 2.75) is 19.5 Å². The number of aromatic amines is 1. The van der Waals surface area contributed by atoms with E-state index in [0.717, 1.165) is 11.6 Å². The first-order valence-corrected chi connectivity index (χ1v) is 8.54. The average Bonchev–Trinajstić information content (AvgIpc) is 2.69. The molecule has 2 amide bonds. The topological polar surface area (TPSA) is 65.2 Å². The van der Waals surface area contributed by atoms with Crippen LogP contribution in [0.3, 0.4) is 0 Å². The van der Waals surface area contributed by atoms with Crippen LogP contribution < -0.4 is 10.9 Å². The maximum atomic E-state index is 14.1. The van der Waals surface area contributed by atoms with Crippen LogP contribution in [0, 0.1) is 17.5 Å². The number of halogens is 3. The summed E-state index contributed by atoms with van der Waals surface area (Å²) in [5.41, 5.74) is 0.446. The van der Waals surface area contributed by atoms with E-state index < -0.39 is 29.3 Å². The quantitative estimate of drug-likeness (QED) is 0.712. The van der Waals surface area contributed by atoms with Crippen molar-refractivity contribution in [1.82, 2.24) is 15.2 Å². The number of amides is 2. The van der Waals surface area contributed by atoms with Gasteiger partial charge >= 0.3 is 6.03 Å². The summed E-state index contributed by atoms with van der Waals surface area (Å²) < 4.78 is 40.5. The third-order valence-electron chi connectivity index (χ3n) is 4.70. The van der Waals surface area contributed by atoms with Crippen LogP contribution in [0.4, 0.5) is 18.0 Å². The first kappa shape index (κ1) is 19.5. The highest BCUT2D eigenvalue weighted by Crippen LogP contribution is 2.27. The fourth-order valence-electron chi connectivity index (χ4n) is 2.94. The van der Waals surface area contributed by atoms with E-state index in [-0.39, 0.29) is 23.1 Å². The molecule has 0 radical (unpaired) electrons. The number of carbonyl (C=O) groups excluding carboxylic acids is 1. The van der Waals surface area contributed by atoms with E-state index in [4.69, 9.17) is 0 Å². The number of carbonyl (C=O) groups is 1. The SMILES string of the molecule is C[C@H](c1c[nH]c(=O)c2c(F)c(F)ccc12)N(C)C(=O)NCc1ccc(F)cc1. The van der Waals surface area contributed by atoms with Gasteiger partial charge in [-0.25, -0.2) is 18.0 Å². The van der Waals surface area contributed by atoms with E-state index in [1.807, 2.05) is 0 Å². The maximum absolute atomic E-state index is 14.1. The molecule has 0 fully saturated rings. The Labute approximate surface area is 158 Å². The van der Waals surface area contributed by atoms with Crippen LogP contribution in [-0.4, -0.2) is 23.0 Å². The number of nitrogens with zero attached hydrogens (tertiary/aromatic N) is 1. The Bertz CT molecular complexity index is 1080. The van der Waals surface area contributed by atoms with E-state index >= 15 is 0 Å². The summed E-state index contributed by atoms with van der Waals surface area (Å²) >= 11 is 0. The molecule has 3 rings (SSSR count). The van der Waals surface area contributed by atoms with Crippen LogP contribution >= 0.6 is 0 Å². The van der Waals surface area contributed by atoms with Crippen molar-refractivity contribution in [3.63, 3.8) is 0 Å². The van der Waals surface area contributed by atoms with Gasteiger partial charge in [0.15, 0.2) is 11.6 Å². The van der Waals surface area contributed by atoms with Crippen LogP contribution in [0.2, 0.25) is 0 Å². The van der Waals surface area contributed by atoms with Gasteiger partial charge in [-0.1, -0.05) is 18.2 Å². The Morgan fingerprint density at radius 3 is 2.50 bits per heavy atom. The molecule has 8 heteroatoms. The minimum Gasteiger partial charge on any atom is -0.334 e. The van der Waals surface area contributed by atoms with E-state index in [1.165, 1.54) is 29.3 Å². The van der Waals surface area contributed by atoms with Crippen molar-refractivity contribution >= 4 is 16.8 Å². The van der Waals surface area contributed by atoms with E-state index in [0.29, 0.717) is 5.56 Å². The smallest absolute Gasteiger partial charge is 0.317 e. The van der Waals surface area contributed by atoms with Gasteiger partial charge in [0.1, 0.15) is 5.82 Å². The molecule has 1 heterocycles. The van der Waals surface area contributed by atoms with Gasteiger partial charge in [0.25, 0.3) is 5.56 Å². The fourth-order valence-corrected chi connectivity index (χ4v) is 2.94. The second kappa shape index (κ2) is 7.75. The van der Waals surface area contributed by atoms with Crippen molar-refractivity contribution in [1.29, 1.82) is 0 Å². The normalized spacial score (nSPS) is 12.0. The van der Waals surface area contributed by atoms with E-state index in [9.17, 15) is 22.8 Å². The lowest BCUT2D eigenvalue weighted by atomic mass is 10.0. The van der Waals surface area contributed by atoms with Crippen molar-refractivity contribution in [2.24, 2.45) is 0 Å². The Hall–Kier alpha value is -3.29. The zero-order chi connectivity index (χ0) is 20.4. The van der Waals surface area contributed by atoms with Gasteiger partial charge in [-0.15, -0.1) is 0 Å². The van der Waals surface area contributed by atoms with Crippen molar-refractivity contribution in [3.8, 4) is 0 Å². The number of hydrogen-bond acceptors (Lipinski definition) is 2. The highest BCUT2D eigenvalue weighted by Gasteiger charge is 2.22. The lowest BCUT2D eigenvalue weighted by Crippen LogP contribution is -2.38. The van der Waals surface area contributed by atoms with E-state index in [1.54, 1.807) is 26.1 Å². The first-order valence-electron chi connectivity index (χ1n) is 8.54. The largest absolute Gasteiger partial charge is 0.334 e. The van der Waals surface area contributed by atoms with Gasteiger partial charge in [0, 0.05) is 19.8 Å². The summed E-state index contributed by atoms with van der Waals surface area (Å²) in [6, 6.07) is 7.02. The number of aromatic nitrogens is 1. The minimum atomic E-state index is -1.23. The van der Waals surface area contributed by atoms with Crippen LogP contribution in [0.1, 0.15) is 24.1 Å². The monoisotopic (exact) mass is 389 g/mol. The van der Waals surface area contributed by atoms with Crippen molar-refractivity contribution in [2.75, 3.05) is 7.05 Å². The van der Waals surface area contributed by atoms with Gasteiger partial charge < -0.3 is 15.2 Å². The maximum Gasteiger partial charge on any atom is 0.317 e. The van der Waals surface area contributed by atoms with Crippen molar-refractivity contribution < 1.29 is 18.0 Å². The fraction of sp³-hybridized carbons (Fsp3) is 0.200. The predicted molar refractivity (Wildman–Crippen MR) is 99.3 cm³/mol. The molecule has 0 saturated carbocycles. The van der Waals surface area contributed by atoms with Gasteiger partial charge in [-0.2, -0.15) is 0 Å². The summed E-state index contributed by atoms with van der Waals surface area (Å²) in [4.78, 5) is 28.2. The average molecular weight is 389 g/mol. The number of fused-ring (bicyclic) bond motifs is 1. The Kier molecular flexibility index (Phi) is 5.39. The summed E-state index contributed by atoms with van der Waals surface area (Å²) in [7, 11) is 1.54. The van der Waals surface area contributed by atoms with Crippen molar-refractivity contribution in [3.05, 3.63) is 81.5 Å². The summed E-state index contributed by atoms with van der Waals surface area (Å²) in [5, 5.41) is 2.55. The second-order valence-electron chi connectivity index (χ2n) is 6.43. The summed E-state index contributed by atoms with van der Waals surface area (Å²) in [6.07, 6.45) is 1.39. The third-order valence-corrected chi connectivity index (χ3v) is 4.70. The molecule has 0 saturated heterocycles. The highest BCUT2D eigenvalue weighted by molar-refractivity contribution is 5.86. The number of benzene rings is 2. The highest BCUT2D eigenvalue weighted by atomic mass is 19.2. The number of H-pyrrole nitrogens is 1. The molecule has 3 aromatic rings. The minimum absolute atomic E-state index is 0.197. The Balaban J connectivity index is 1.83. The molecule has 0 unspecified atom stereocenters. The standard InChI is InChI=1S/C20H18F3N3O2/c1-11(26(2)20(28)25-9-12-3-5-13(21)6-4-12)15-10-24-19(27)17-14(15)7-8-16(22)18(17)23/h3-8,10-11H,9H2,1-2H3,(H,24,27)(H,25,28)/t11-/m1/s1. The summed E-state index contributed by atoms with van der Waals surface area (Å²) in [5.74, 6) is -2.71. The molecule has 0 spiro atoms. The Morgan fingerprint density at radius 1 is 1.14 bits per heavy atom. The molecule has 0 bridgehead atoms. The Morgan fingerprint density at radius 2 is 1.82 bits per heavy atom. The molecule has 1 atom stereocenters. The molecule has 5 nitrogen and oxygen atoms in total. The van der Waals surface area contributed by atoms with Gasteiger partial charge in [0.2, 0.25) is 0 Å². The van der Waals surface area contributed by atoms with Crippen LogP contribution in [0.15, 0.2) is 47.4 Å². The molecule has 2 aromatic carbocycles. The molecule has 1 aromatic heterocycles. The molecule has 0 aliphatic carbocycles. The molecule has 28 heavy (non-hydrogen) atoms. The van der Waals surface area contributed by atoms with Crippen LogP contribution in [0.25, 0.3) is 10.8 Å². The van der Waals surface area contributed by atoms with Crippen LogP contribution in [-0.2, 0) is 6.54 Å².